The van der Waals surface area contributed by atoms with Crippen LogP contribution >= 0.6 is 0 Å². The van der Waals surface area contributed by atoms with Crippen LogP contribution in [0, 0.1) is 5.41 Å². The Bertz CT molecular complexity index is 312. The van der Waals surface area contributed by atoms with Crippen LogP contribution in [-0.4, -0.2) is 53.4 Å². The highest BCUT2D eigenvalue weighted by molar-refractivity contribution is 5.09. The number of nitrogens with zero attached hydrogens (tertiary/aromatic N) is 2. The van der Waals surface area contributed by atoms with Crippen molar-refractivity contribution in [1.82, 2.24) is 9.88 Å². The van der Waals surface area contributed by atoms with Crippen molar-refractivity contribution in [2.24, 2.45) is 5.41 Å². The minimum Gasteiger partial charge on any atom is -0.396 e. The van der Waals surface area contributed by atoms with E-state index in [2.05, 4.69) is 9.88 Å². The van der Waals surface area contributed by atoms with Crippen molar-refractivity contribution < 1.29 is 10.2 Å². The highest BCUT2D eigenvalue weighted by atomic mass is 16.3. The number of rotatable bonds is 7. The maximum Gasteiger partial charge on any atom is 0.0519 e. The van der Waals surface area contributed by atoms with Crippen LogP contribution in [0.3, 0.4) is 0 Å². The quantitative estimate of drug-likeness (QED) is 0.728. The number of aromatic nitrogens is 1. The second-order valence-corrected chi connectivity index (χ2v) is 4.97. The summed E-state index contributed by atoms with van der Waals surface area (Å²) in [6.07, 6.45) is 4.54. The Balaban J connectivity index is 2.37. The van der Waals surface area contributed by atoms with Crippen molar-refractivity contribution in [3.05, 3.63) is 30.1 Å². The number of likely N-dealkylation sites (N-methyl/N-ethyl adjacent to an activating group) is 1. The summed E-state index contributed by atoms with van der Waals surface area (Å²) in [4.78, 5) is 6.11. The van der Waals surface area contributed by atoms with Gasteiger partial charge in [0.15, 0.2) is 0 Å². The normalized spacial score (nSPS) is 12.1. The summed E-state index contributed by atoms with van der Waals surface area (Å²) >= 11 is 0. The van der Waals surface area contributed by atoms with Crippen molar-refractivity contribution in [2.75, 3.05) is 33.4 Å². The number of aliphatic hydroxyl groups is 2. The topological polar surface area (TPSA) is 56.6 Å². The van der Waals surface area contributed by atoms with E-state index < -0.39 is 5.41 Å². The van der Waals surface area contributed by atoms with E-state index in [1.54, 1.807) is 12.4 Å². The number of hydrogen-bond acceptors (Lipinski definition) is 4. The SMILES string of the molecule is CN(CCc1ccncc1)CC(C)(CO)CO. The summed E-state index contributed by atoms with van der Waals surface area (Å²) in [5, 5.41) is 18.4. The molecule has 2 N–H and O–H groups in total. The molecule has 1 aromatic heterocycles. The molecule has 0 radical (unpaired) electrons. The molecular weight excluding hydrogens is 216 g/mol. The van der Waals surface area contributed by atoms with Crippen LogP contribution in [0.4, 0.5) is 0 Å². The second-order valence-electron chi connectivity index (χ2n) is 4.97. The number of aliphatic hydroxyl groups excluding tert-OH is 2. The Labute approximate surface area is 103 Å². The molecule has 0 atom stereocenters. The molecule has 0 amide bonds. The first kappa shape index (κ1) is 14.1. The van der Waals surface area contributed by atoms with Gasteiger partial charge >= 0.3 is 0 Å². The number of pyridine rings is 1. The maximum atomic E-state index is 9.22. The van der Waals surface area contributed by atoms with Gasteiger partial charge in [-0.3, -0.25) is 4.98 Å². The zero-order valence-corrected chi connectivity index (χ0v) is 10.6. The van der Waals surface area contributed by atoms with E-state index in [0.717, 1.165) is 13.0 Å². The Hall–Kier alpha value is -0.970. The smallest absolute Gasteiger partial charge is 0.0519 e. The van der Waals surface area contributed by atoms with Crippen LogP contribution in [0.1, 0.15) is 12.5 Å². The summed E-state index contributed by atoms with van der Waals surface area (Å²) in [6.45, 7) is 3.48. The van der Waals surface area contributed by atoms with Crippen LogP contribution in [0.25, 0.3) is 0 Å². The van der Waals surface area contributed by atoms with Crippen LogP contribution in [0.2, 0.25) is 0 Å². The first-order valence-electron chi connectivity index (χ1n) is 5.89. The molecular formula is C13H22N2O2. The zero-order chi connectivity index (χ0) is 12.7. The van der Waals surface area contributed by atoms with E-state index in [-0.39, 0.29) is 13.2 Å². The Kier molecular flexibility index (Phi) is 5.55. The van der Waals surface area contributed by atoms with Gasteiger partial charge in [-0.2, -0.15) is 0 Å². The maximum absolute atomic E-state index is 9.22. The third kappa shape index (κ3) is 4.81. The molecule has 1 heterocycles. The molecule has 0 aromatic carbocycles. The van der Waals surface area contributed by atoms with Gasteiger partial charge < -0.3 is 15.1 Å². The molecule has 0 saturated heterocycles. The van der Waals surface area contributed by atoms with Gasteiger partial charge in [-0.25, -0.2) is 0 Å². The molecule has 0 aliphatic heterocycles. The van der Waals surface area contributed by atoms with Gasteiger partial charge in [0.2, 0.25) is 0 Å². The van der Waals surface area contributed by atoms with Crippen LogP contribution in [0.5, 0.6) is 0 Å². The second kappa shape index (κ2) is 6.69. The lowest BCUT2D eigenvalue weighted by atomic mass is 9.92. The molecule has 0 fully saturated rings. The lowest BCUT2D eigenvalue weighted by molar-refractivity contribution is 0.0423. The minimum absolute atomic E-state index is 0.00307. The van der Waals surface area contributed by atoms with E-state index in [4.69, 9.17) is 0 Å². The monoisotopic (exact) mass is 238 g/mol. The standard InChI is InChI=1S/C13H22N2O2/c1-13(10-16,11-17)9-15(2)8-5-12-3-6-14-7-4-12/h3-4,6-7,16-17H,5,8-11H2,1-2H3. The Morgan fingerprint density at radius 2 is 1.82 bits per heavy atom. The summed E-state index contributed by atoms with van der Waals surface area (Å²) < 4.78 is 0. The third-order valence-electron chi connectivity index (χ3n) is 2.95. The fourth-order valence-electron chi connectivity index (χ4n) is 1.75. The van der Waals surface area contributed by atoms with Gasteiger partial charge in [-0.1, -0.05) is 6.92 Å². The van der Waals surface area contributed by atoms with Crippen molar-refractivity contribution in [1.29, 1.82) is 0 Å². The van der Waals surface area contributed by atoms with Crippen molar-refractivity contribution >= 4 is 0 Å². The molecule has 4 heteroatoms. The van der Waals surface area contributed by atoms with Gasteiger partial charge in [0.05, 0.1) is 13.2 Å². The van der Waals surface area contributed by atoms with Crippen molar-refractivity contribution in [3.63, 3.8) is 0 Å². The van der Waals surface area contributed by atoms with Gasteiger partial charge in [0, 0.05) is 30.9 Å². The summed E-state index contributed by atoms with van der Waals surface area (Å²) in [5.74, 6) is 0. The Morgan fingerprint density at radius 1 is 1.24 bits per heavy atom. The fourth-order valence-corrected chi connectivity index (χ4v) is 1.75. The molecule has 17 heavy (non-hydrogen) atoms. The predicted octanol–water partition coefficient (Wildman–Crippen LogP) is 0.547. The molecule has 0 unspecified atom stereocenters. The van der Waals surface area contributed by atoms with E-state index in [0.29, 0.717) is 6.54 Å². The van der Waals surface area contributed by atoms with Gasteiger partial charge in [0.25, 0.3) is 0 Å². The summed E-state index contributed by atoms with van der Waals surface area (Å²) in [6, 6.07) is 4.01. The molecule has 0 spiro atoms. The highest BCUT2D eigenvalue weighted by Gasteiger charge is 2.23. The molecule has 0 saturated carbocycles. The van der Waals surface area contributed by atoms with Crippen molar-refractivity contribution in [3.8, 4) is 0 Å². The molecule has 96 valence electrons. The molecule has 0 aliphatic rings. The first-order valence-corrected chi connectivity index (χ1v) is 5.89. The van der Waals surface area contributed by atoms with E-state index in [1.807, 2.05) is 26.1 Å². The van der Waals surface area contributed by atoms with E-state index >= 15 is 0 Å². The lowest BCUT2D eigenvalue weighted by Crippen LogP contribution is -2.39. The minimum atomic E-state index is -0.424. The highest BCUT2D eigenvalue weighted by Crippen LogP contribution is 2.15. The largest absolute Gasteiger partial charge is 0.396 e. The Morgan fingerprint density at radius 3 is 2.35 bits per heavy atom. The first-order chi connectivity index (χ1) is 8.09. The molecule has 1 aromatic rings. The fraction of sp³-hybridized carbons (Fsp3) is 0.615. The van der Waals surface area contributed by atoms with E-state index in [9.17, 15) is 10.2 Å². The van der Waals surface area contributed by atoms with Crippen LogP contribution in [0.15, 0.2) is 24.5 Å². The van der Waals surface area contributed by atoms with Gasteiger partial charge in [-0.15, -0.1) is 0 Å². The van der Waals surface area contributed by atoms with Crippen LogP contribution in [-0.2, 0) is 6.42 Å². The third-order valence-corrected chi connectivity index (χ3v) is 2.95. The average molecular weight is 238 g/mol. The predicted molar refractivity (Wildman–Crippen MR) is 67.7 cm³/mol. The van der Waals surface area contributed by atoms with Gasteiger partial charge in [0.1, 0.15) is 0 Å². The summed E-state index contributed by atoms with van der Waals surface area (Å²) in [7, 11) is 2.00. The lowest BCUT2D eigenvalue weighted by Gasteiger charge is -2.30. The number of hydrogen-bond donors (Lipinski definition) is 2. The average Bonchev–Trinajstić information content (AvgIpc) is 2.37. The zero-order valence-electron chi connectivity index (χ0n) is 10.6. The van der Waals surface area contributed by atoms with E-state index in [1.165, 1.54) is 5.56 Å². The molecule has 0 aliphatic carbocycles. The van der Waals surface area contributed by atoms with Crippen LogP contribution < -0.4 is 0 Å². The molecule has 0 bridgehead atoms. The summed E-state index contributed by atoms with van der Waals surface area (Å²) in [5.41, 5.74) is 0.828. The van der Waals surface area contributed by atoms with Gasteiger partial charge in [-0.05, 0) is 31.2 Å². The molecule has 4 nitrogen and oxygen atoms in total. The van der Waals surface area contributed by atoms with Crippen molar-refractivity contribution in [2.45, 2.75) is 13.3 Å². The molecule has 1 rings (SSSR count).